The number of nitrogens with zero attached hydrogens (tertiary/aromatic N) is 8. The first-order valence-electron chi connectivity index (χ1n) is 13.6. The highest BCUT2D eigenvalue weighted by Crippen LogP contribution is 2.64. The van der Waals surface area contributed by atoms with Crippen LogP contribution >= 0.6 is 11.3 Å². The summed E-state index contributed by atoms with van der Waals surface area (Å²) in [5, 5.41) is 19.9. The van der Waals surface area contributed by atoms with Crippen LogP contribution in [0.5, 0.6) is 0 Å². The van der Waals surface area contributed by atoms with Crippen molar-refractivity contribution in [3.8, 4) is 0 Å². The van der Waals surface area contributed by atoms with E-state index in [1.165, 1.54) is 41.5 Å². The van der Waals surface area contributed by atoms with E-state index in [0.717, 1.165) is 60.1 Å². The van der Waals surface area contributed by atoms with Gasteiger partial charge in [0.2, 0.25) is 0 Å². The number of hydrogen-bond acceptors (Lipinski definition) is 7. The summed E-state index contributed by atoms with van der Waals surface area (Å²) in [6.07, 6.45) is 12.4. The van der Waals surface area contributed by atoms with Crippen molar-refractivity contribution in [2.24, 2.45) is 23.2 Å². The van der Waals surface area contributed by atoms with Gasteiger partial charge in [0.05, 0.1) is 10.9 Å². The average Bonchev–Trinajstić information content (AvgIpc) is 3.53. The fraction of sp³-hybridized carbons (Fsp3) is 0.704. The Kier molecular flexibility index (Phi) is 4.15. The molecule has 9 heteroatoms. The molecule has 36 heavy (non-hydrogen) atoms. The Bertz CT molecular complexity index is 1510. The topological polar surface area (TPSA) is 86.7 Å². The van der Waals surface area contributed by atoms with Gasteiger partial charge in [-0.3, -0.25) is 0 Å². The van der Waals surface area contributed by atoms with E-state index in [9.17, 15) is 0 Å². The van der Waals surface area contributed by atoms with Crippen molar-refractivity contribution in [1.82, 2.24) is 39.8 Å². The van der Waals surface area contributed by atoms with Gasteiger partial charge in [0.15, 0.2) is 17.3 Å². The molecule has 4 aromatic heterocycles. The zero-order chi connectivity index (χ0) is 24.4. The van der Waals surface area contributed by atoms with E-state index in [-0.39, 0.29) is 11.0 Å². The van der Waals surface area contributed by atoms with Crippen LogP contribution in [0.3, 0.4) is 0 Å². The minimum Gasteiger partial charge on any atom is -0.225 e. The number of hydrogen-bond donors (Lipinski definition) is 0. The summed E-state index contributed by atoms with van der Waals surface area (Å²) >= 11 is 1.88. The Morgan fingerprint density at radius 3 is 2.61 bits per heavy atom. The summed E-state index contributed by atoms with van der Waals surface area (Å²) in [4.78, 5) is 14.8. The first kappa shape index (κ1) is 21.6. The third-order valence-corrected chi connectivity index (χ3v) is 11.2. The molecular weight excluding hydrogens is 468 g/mol. The number of aryl methyl sites for hydroxylation is 2. The number of thiophene rings is 1. The molecule has 0 amide bonds. The highest BCUT2D eigenvalue weighted by molar-refractivity contribution is 7.19. The molecule has 4 heterocycles. The van der Waals surface area contributed by atoms with Crippen molar-refractivity contribution >= 4 is 27.2 Å². The molecule has 0 aromatic carbocycles. The van der Waals surface area contributed by atoms with Gasteiger partial charge in [-0.05, 0) is 98.7 Å². The Balaban J connectivity index is 1.24. The lowest BCUT2D eigenvalue weighted by atomic mass is 9.46. The normalized spacial score (nSPS) is 33.6. The van der Waals surface area contributed by atoms with Gasteiger partial charge in [-0.2, -0.15) is 4.80 Å². The quantitative estimate of drug-likeness (QED) is 0.382. The van der Waals surface area contributed by atoms with Crippen molar-refractivity contribution < 1.29 is 0 Å². The lowest BCUT2D eigenvalue weighted by molar-refractivity contribution is -0.0785. The van der Waals surface area contributed by atoms with Crippen molar-refractivity contribution in [3.05, 3.63) is 28.4 Å². The predicted octanol–water partition coefficient (Wildman–Crippen LogP) is 5.03. The summed E-state index contributed by atoms with van der Waals surface area (Å²) in [5.74, 6) is 3.88. The second kappa shape index (κ2) is 6.91. The fourth-order valence-electron chi connectivity index (χ4n) is 8.73. The summed E-state index contributed by atoms with van der Waals surface area (Å²) in [6.45, 7) is 9.08. The van der Waals surface area contributed by atoms with Gasteiger partial charge in [0.25, 0.3) is 0 Å². The Hall–Kier alpha value is -2.42. The zero-order valence-electron chi connectivity index (χ0n) is 21.7. The van der Waals surface area contributed by atoms with Crippen LogP contribution in [0.4, 0.5) is 0 Å². The molecule has 4 fully saturated rings. The zero-order valence-corrected chi connectivity index (χ0v) is 22.5. The Morgan fingerprint density at radius 2 is 1.89 bits per heavy atom. The molecule has 5 aliphatic rings. The van der Waals surface area contributed by atoms with Crippen LogP contribution in [0, 0.1) is 30.1 Å². The van der Waals surface area contributed by atoms with E-state index in [2.05, 4.69) is 31.1 Å². The lowest BCUT2D eigenvalue weighted by Gasteiger charge is -2.60. The molecule has 0 aliphatic heterocycles. The molecular formula is C27H34N8S. The van der Waals surface area contributed by atoms with E-state index in [1.807, 2.05) is 33.9 Å². The molecule has 4 bridgehead atoms. The molecule has 4 saturated carbocycles. The van der Waals surface area contributed by atoms with E-state index >= 15 is 0 Å². The Labute approximate surface area is 214 Å². The van der Waals surface area contributed by atoms with Crippen molar-refractivity contribution in [3.63, 3.8) is 0 Å². The minimum atomic E-state index is -0.0418. The lowest BCUT2D eigenvalue weighted by Crippen LogP contribution is -2.59. The molecule has 188 valence electrons. The maximum atomic E-state index is 5.36. The van der Waals surface area contributed by atoms with Crippen LogP contribution in [-0.2, 0) is 23.8 Å². The third-order valence-electron chi connectivity index (χ3n) is 10.1. The van der Waals surface area contributed by atoms with Crippen LogP contribution < -0.4 is 0 Å². The highest BCUT2D eigenvalue weighted by atomic mass is 32.1. The SMILES string of the molecule is Cc1nnn(C23C[C@H]4C[C@@H](CC(c5nc6c7c8c(sc7ncn6n5)C[C@@H](C(C)(C)C)CC8)(C4)C2)C3)n1. The van der Waals surface area contributed by atoms with E-state index in [0.29, 0.717) is 17.3 Å². The van der Waals surface area contributed by atoms with Gasteiger partial charge < -0.3 is 0 Å². The van der Waals surface area contributed by atoms with Crippen molar-refractivity contribution in [1.29, 1.82) is 0 Å². The molecule has 4 aromatic rings. The van der Waals surface area contributed by atoms with E-state index in [1.54, 1.807) is 0 Å². The first-order valence-corrected chi connectivity index (χ1v) is 14.5. The largest absolute Gasteiger partial charge is 0.225 e. The third kappa shape index (κ3) is 2.92. The molecule has 5 aliphatic carbocycles. The van der Waals surface area contributed by atoms with Crippen LogP contribution in [0.1, 0.15) is 87.8 Å². The first-order chi connectivity index (χ1) is 17.2. The van der Waals surface area contributed by atoms with Gasteiger partial charge >= 0.3 is 0 Å². The predicted molar refractivity (Wildman–Crippen MR) is 138 cm³/mol. The summed E-state index contributed by atoms with van der Waals surface area (Å²) in [5.41, 5.74) is 2.79. The van der Waals surface area contributed by atoms with Crippen LogP contribution in [0.15, 0.2) is 6.33 Å². The average molecular weight is 503 g/mol. The number of tetrazole rings is 1. The monoisotopic (exact) mass is 502 g/mol. The van der Waals surface area contributed by atoms with Crippen LogP contribution in [0.25, 0.3) is 15.9 Å². The van der Waals surface area contributed by atoms with Gasteiger partial charge in [-0.25, -0.2) is 14.5 Å². The van der Waals surface area contributed by atoms with E-state index in [4.69, 9.17) is 20.2 Å². The van der Waals surface area contributed by atoms with Gasteiger partial charge in [0, 0.05) is 10.3 Å². The summed E-state index contributed by atoms with van der Waals surface area (Å²) in [6, 6.07) is 0. The molecule has 3 atom stereocenters. The van der Waals surface area contributed by atoms with Crippen LogP contribution in [0.2, 0.25) is 0 Å². The molecule has 8 nitrogen and oxygen atoms in total. The number of aromatic nitrogens is 8. The molecule has 9 rings (SSSR count). The van der Waals surface area contributed by atoms with Gasteiger partial charge in [-0.1, -0.05) is 20.8 Å². The summed E-state index contributed by atoms with van der Waals surface area (Å²) in [7, 11) is 0. The van der Waals surface area contributed by atoms with Crippen LogP contribution in [-0.4, -0.2) is 39.8 Å². The molecule has 0 N–H and O–H groups in total. The standard InChI is InChI=1S/C27H34N8S/c1-15-30-33-35(31-15)27-11-16-7-17(12-27)10-26(9-16,13-27)24-29-22-21-19-6-5-18(25(2,3)4)8-20(19)36-23(21)28-14-34(22)32-24/h14,16-18H,5-13H2,1-4H3/t16-,17-,18-,26?,27?/m0/s1. The minimum absolute atomic E-state index is 0.00260. The molecule has 0 radical (unpaired) electrons. The molecule has 0 spiro atoms. The highest BCUT2D eigenvalue weighted by Gasteiger charge is 2.61. The van der Waals surface area contributed by atoms with Crippen molar-refractivity contribution in [2.75, 3.05) is 0 Å². The second-order valence-electron chi connectivity index (χ2n) is 13.5. The second-order valence-corrected chi connectivity index (χ2v) is 14.6. The molecule has 0 unspecified atom stereocenters. The van der Waals surface area contributed by atoms with Gasteiger partial charge in [-0.15, -0.1) is 26.6 Å². The maximum absolute atomic E-state index is 5.36. The van der Waals surface area contributed by atoms with E-state index < -0.39 is 0 Å². The maximum Gasteiger partial charge on any atom is 0.171 e. The van der Waals surface area contributed by atoms with Crippen molar-refractivity contribution in [2.45, 2.75) is 96.4 Å². The number of rotatable bonds is 2. The number of fused-ring (bicyclic) bond motifs is 5. The smallest absolute Gasteiger partial charge is 0.171 e. The Morgan fingerprint density at radius 1 is 1.08 bits per heavy atom. The fourth-order valence-corrected chi connectivity index (χ4v) is 9.99. The summed E-state index contributed by atoms with van der Waals surface area (Å²) < 4.78 is 1.98. The molecule has 0 saturated heterocycles. The van der Waals surface area contributed by atoms with Gasteiger partial charge in [0.1, 0.15) is 11.2 Å².